The van der Waals surface area contributed by atoms with Crippen molar-refractivity contribution in [3.05, 3.63) is 35.9 Å². The van der Waals surface area contributed by atoms with Gasteiger partial charge < -0.3 is 5.32 Å². The summed E-state index contributed by atoms with van der Waals surface area (Å²) in [6.45, 7) is 3.08. The third-order valence-corrected chi connectivity index (χ3v) is 3.20. The van der Waals surface area contributed by atoms with Crippen molar-refractivity contribution in [2.24, 2.45) is 0 Å². The zero-order valence-corrected chi connectivity index (χ0v) is 10.5. The molecule has 1 unspecified atom stereocenters. The molecule has 1 aliphatic rings. The first-order valence-corrected chi connectivity index (χ1v) is 6.61. The first-order chi connectivity index (χ1) is 8.42. The van der Waals surface area contributed by atoms with Crippen molar-refractivity contribution < 1.29 is 0 Å². The van der Waals surface area contributed by atoms with Gasteiger partial charge in [0, 0.05) is 12.4 Å². The summed E-state index contributed by atoms with van der Waals surface area (Å²) in [5.74, 6) is 0.905. The quantitative estimate of drug-likeness (QED) is 0.809. The first kappa shape index (κ1) is 12.2. The van der Waals surface area contributed by atoms with Gasteiger partial charge in [-0.2, -0.15) is 0 Å². The number of nitrogens with zero attached hydrogens (tertiary/aromatic N) is 2. The molecule has 0 fully saturated rings. The summed E-state index contributed by atoms with van der Waals surface area (Å²) < 4.78 is 0. The highest BCUT2D eigenvalue weighted by Crippen LogP contribution is 2.27. The van der Waals surface area contributed by atoms with Crippen LogP contribution in [0.5, 0.6) is 0 Å². The molecule has 3 nitrogen and oxygen atoms in total. The lowest BCUT2D eigenvalue weighted by molar-refractivity contribution is 0.562. The molecular weight excluding hydrogens is 210 g/mol. The predicted octanol–water partition coefficient (Wildman–Crippen LogP) is 3.02. The largest absolute Gasteiger partial charge is 0.304 e. The van der Waals surface area contributed by atoms with Crippen LogP contribution in [0.3, 0.4) is 0 Å². The Kier molecular flexibility index (Phi) is 4.68. The van der Waals surface area contributed by atoms with Crippen LogP contribution in [-0.2, 0) is 0 Å². The molecule has 0 amide bonds. The Labute approximate surface area is 103 Å². The van der Waals surface area contributed by atoms with Gasteiger partial charge in [0.15, 0.2) is 0 Å². The van der Waals surface area contributed by atoms with Gasteiger partial charge in [0.25, 0.3) is 0 Å². The molecule has 0 aliphatic heterocycles. The van der Waals surface area contributed by atoms with Gasteiger partial charge in [-0.05, 0) is 43.9 Å². The van der Waals surface area contributed by atoms with Gasteiger partial charge in [-0.1, -0.05) is 19.4 Å². The van der Waals surface area contributed by atoms with Crippen LogP contribution in [0.4, 0.5) is 0 Å². The maximum Gasteiger partial charge on any atom is 0.149 e. The van der Waals surface area contributed by atoms with Gasteiger partial charge in [0.1, 0.15) is 5.82 Å². The Morgan fingerprint density at radius 2 is 2.06 bits per heavy atom. The molecule has 0 spiro atoms. The third kappa shape index (κ3) is 3.37. The normalized spacial score (nSPS) is 18.3. The summed E-state index contributed by atoms with van der Waals surface area (Å²) in [7, 11) is 0. The zero-order valence-electron chi connectivity index (χ0n) is 10.5. The summed E-state index contributed by atoms with van der Waals surface area (Å²) in [6, 6.07) is 2.08. The molecule has 0 bridgehead atoms. The standard InChI is InChI=1S/C14H21N3/c1-2-15-13(14-16-10-7-11-17-14)12-8-5-3-4-6-9-12/h7-8,10-11,13,15H,2-6,9H2,1H3. The SMILES string of the molecule is CCNC(C1=CCCCCC1)c1ncccn1. The van der Waals surface area contributed by atoms with Crippen LogP contribution < -0.4 is 5.32 Å². The number of hydrogen-bond acceptors (Lipinski definition) is 3. The zero-order chi connectivity index (χ0) is 11.9. The number of rotatable bonds is 4. The van der Waals surface area contributed by atoms with Crippen molar-refractivity contribution >= 4 is 0 Å². The van der Waals surface area contributed by atoms with Crippen molar-refractivity contribution in [2.75, 3.05) is 6.54 Å². The monoisotopic (exact) mass is 231 g/mol. The molecular formula is C14H21N3. The molecule has 0 radical (unpaired) electrons. The second kappa shape index (κ2) is 6.50. The number of aromatic nitrogens is 2. The van der Waals surface area contributed by atoms with Gasteiger partial charge in [0.05, 0.1) is 6.04 Å². The molecule has 1 aromatic rings. The van der Waals surface area contributed by atoms with E-state index in [1.165, 1.54) is 37.7 Å². The lowest BCUT2D eigenvalue weighted by Crippen LogP contribution is -2.24. The van der Waals surface area contributed by atoms with E-state index in [1.807, 2.05) is 18.5 Å². The molecule has 0 saturated heterocycles. The molecule has 1 N–H and O–H groups in total. The van der Waals surface area contributed by atoms with E-state index in [0.717, 1.165) is 12.4 Å². The van der Waals surface area contributed by atoms with Crippen LogP contribution in [0.2, 0.25) is 0 Å². The van der Waals surface area contributed by atoms with E-state index in [9.17, 15) is 0 Å². The number of allylic oxidation sites excluding steroid dienone is 1. The highest BCUT2D eigenvalue weighted by Gasteiger charge is 2.18. The second-order valence-corrected chi connectivity index (χ2v) is 4.48. The Hall–Kier alpha value is -1.22. The maximum absolute atomic E-state index is 4.39. The minimum absolute atomic E-state index is 0.208. The fourth-order valence-electron chi connectivity index (χ4n) is 2.35. The molecule has 0 aromatic carbocycles. The van der Waals surface area contributed by atoms with Gasteiger partial charge in [-0.3, -0.25) is 0 Å². The average Bonchev–Trinajstić information content (AvgIpc) is 2.66. The molecule has 1 aromatic heterocycles. The summed E-state index contributed by atoms with van der Waals surface area (Å²) >= 11 is 0. The maximum atomic E-state index is 4.39. The van der Waals surface area contributed by atoms with E-state index in [1.54, 1.807) is 0 Å². The van der Waals surface area contributed by atoms with E-state index >= 15 is 0 Å². The Morgan fingerprint density at radius 1 is 1.24 bits per heavy atom. The molecule has 1 atom stereocenters. The van der Waals surface area contributed by atoms with Crippen molar-refractivity contribution in [3.63, 3.8) is 0 Å². The summed E-state index contributed by atoms with van der Waals surface area (Å²) in [5, 5.41) is 3.50. The lowest BCUT2D eigenvalue weighted by Gasteiger charge is -2.19. The number of hydrogen-bond donors (Lipinski definition) is 1. The van der Waals surface area contributed by atoms with E-state index in [4.69, 9.17) is 0 Å². The number of nitrogens with one attached hydrogen (secondary N) is 1. The van der Waals surface area contributed by atoms with Crippen molar-refractivity contribution in [1.82, 2.24) is 15.3 Å². The number of likely N-dealkylation sites (N-methyl/N-ethyl adjacent to an activating group) is 1. The third-order valence-electron chi connectivity index (χ3n) is 3.20. The molecule has 2 rings (SSSR count). The summed E-state index contributed by atoms with van der Waals surface area (Å²) in [4.78, 5) is 8.78. The van der Waals surface area contributed by atoms with Crippen LogP contribution in [0.15, 0.2) is 30.1 Å². The molecule has 92 valence electrons. The Bertz CT molecular complexity index is 359. The molecule has 3 heteroatoms. The fraction of sp³-hybridized carbons (Fsp3) is 0.571. The highest BCUT2D eigenvalue weighted by molar-refractivity contribution is 5.18. The minimum atomic E-state index is 0.208. The van der Waals surface area contributed by atoms with Crippen LogP contribution >= 0.6 is 0 Å². The smallest absolute Gasteiger partial charge is 0.149 e. The van der Waals surface area contributed by atoms with Crippen LogP contribution in [0.25, 0.3) is 0 Å². The van der Waals surface area contributed by atoms with E-state index in [0.29, 0.717) is 0 Å². The average molecular weight is 231 g/mol. The Balaban J connectivity index is 2.19. The molecule has 17 heavy (non-hydrogen) atoms. The van der Waals surface area contributed by atoms with Crippen LogP contribution in [0.1, 0.15) is 50.9 Å². The predicted molar refractivity (Wildman–Crippen MR) is 69.6 cm³/mol. The Morgan fingerprint density at radius 3 is 2.82 bits per heavy atom. The van der Waals surface area contributed by atoms with E-state index in [-0.39, 0.29) is 6.04 Å². The van der Waals surface area contributed by atoms with Crippen molar-refractivity contribution in [2.45, 2.75) is 45.1 Å². The van der Waals surface area contributed by atoms with E-state index < -0.39 is 0 Å². The van der Waals surface area contributed by atoms with Gasteiger partial charge >= 0.3 is 0 Å². The summed E-state index contributed by atoms with van der Waals surface area (Å²) in [5.41, 5.74) is 1.47. The summed E-state index contributed by atoms with van der Waals surface area (Å²) in [6.07, 6.45) is 12.4. The van der Waals surface area contributed by atoms with Crippen molar-refractivity contribution in [3.8, 4) is 0 Å². The molecule has 1 heterocycles. The van der Waals surface area contributed by atoms with Crippen LogP contribution in [-0.4, -0.2) is 16.5 Å². The highest BCUT2D eigenvalue weighted by atomic mass is 15.0. The molecule has 0 saturated carbocycles. The van der Waals surface area contributed by atoms with Crippen molar-refractivity contribution in [1.29, 1.82) is 0 Å². The molecule has 1 aliphatic carbocycles. The van der Waals surface area contributed by atoms with Gasteiger partial charge in [0.2, 0.25) is 0 Å². The first-order valence-electron chi connectivity index (χ1n) is 6.61. The minimum Gasteiger partial charge on any atom is -0.304 e. The second-order valence-electron chi connectivity index (χ2n) is 4.48. The lowest BCUT2D eigenvalue weighted by atomic mass is 10.0. The van der Waals surface area contributed by atoms with E-state index in [2.05, 4.69) is 28.3 Å². The van der Waals surface area contributed by atoms with Crippen LogP contribution in [0, 0.1) is 0 Å². The topological polar surface area (TPSA) is 37.8 Å². The fourth-order valence-corrected chi connectivity index (χ4v) is 2.35. The van der Waals surface area contributed by atoms with Gasteiger partial charge in [-0.15, -0.1) is 0 Å². The van der Waals surface area contributed by atoms with Gasteiger partial charge in [-0.25, -0.2) is 9.97 Å².